The number of aromatic nitrogens is 2. The molecule has 8 aromatic carbocycles. The summed E-state index contributed by atoms with van der Waals surface area (Å²) in [6.45, 7) is 9.09. The molecule has 0 saturated carbocycles. The minimum absolute atomic E-state index is 0.0692. The second kappa shape index (κ2) is 11.3. The SMILES string of the molecule is CCc1cc2c3c(c1)c1cc(CC)cc4c1n3-c1c(ccc3c1B2c1cccc2c(-c5ccc(C)cc5)c(-c5ccc(C)cc5)n-3c12)C41c2ccccc2-c2ccccc21. The van der Waals surface area contributed by atoms with E-state index in [0.717, 1.165) is 12.8 Å². The van der Waals surface area contributed by atoms with Crippen molar-refractivity contribution in [2.24, 2.45) is 0 Å². The first-order valence-electron chi connectivity index (χ1n) is 21.8. The Morgan fingerprint density at radius 2 is 1.10 bits per heavy atom. The summed E-state index contributed by atoms with van der Waals surface area (Å²) in [6.07, 6.45) is 1.97. The zero-order valence-electron chi connectivity index (χ0n) is 34.3. The molecule has 14 rings (SSSR count). The summed E-state index contributed by atoms with van der Waals surface area (Å²) in [6, 6.07) is 59.4. The van der Waals surface area contributed by atoms with Crippen molar-refractivity contribution < 1.29 is 0 Å². The first kappa shape index (κ1) is 33.0. The highest BCUT2D eigenvalue weighted by atomic mass is 15.1. The van der Waals surface area contributed by atoms with Crippen molar-refractivity contribution in [3.8, 4) is 44.9 Å². The lowest BCUT2D eigenvalue weighted by Crippen LogP contribution is -2.60. The van der Waals surface area contributed by atoms with Crippen molar-refractivity contribution in [3.05, 3.63) is 196 Å². The van der Waals surface area contributed by atoms with Gasteiger partial charge in [0.1, 0.15) is 0 Å². The first-order chi connectivity index (χ1) is 29.5. The van der Waals surface area contributed by atoms with Crippen molar-refractivity contribution >= 4 is 55.8 Å². The van der Waals surface area contributed by atoms with E-state index < -0.39 is 5.41 Å². The van der Waals surface area contributed by atoms with Crippen LogP contribution in [0.4, 0.5) is 0 Å². The van der Waals surface area contributed by atoms with Gasteiger partial charge in [-0.3, -0.25) is 0 Å². The highest BCUT2D eigenvalue weighted by Gasteiger charge is 2.54. The molecule has 0 bridgehead atoms. The Kier molecular flexibility index (Phi) is 6.20. The summed E-state index contributed by atoms with van der Waals surface area (Å²) >= 11 is 0. The number of hydrogen-bond donors (Lipinski definition) is 0. The highest BCUT2D eigenvalue weighted by Crippen LogP contribution is 2.62. The molecule has 2 nitrogen and oxygen atoms in total. The van der Waals surface area contributed by atoms with Gasteiger partial charge in [-0.15, -0.1) is 0 Å². The van der Waals surface area contributed by atoms with E-state index in [0.29, 0.717) is 0 Å². The van der Waals surface area contributed by atoms with Gasteiger partial charge in [0.15, 0.2) is 0 Å². The number of rotatable bonds is 4. The van der Waals surface area contributed by atoms with E-state index in [4.69, 9.17) is 0 Å². The summed E-state index contributed by atoms with van der Waals surface area (Å²) in [4.78, 5) is 0. The van der Waals surface area contributed by atoms with Crippen molar-refractivity contribution in [1.29, 1.82) is 0 Å². The Hall–Kier alpha value is -6.84. The predicted molar refractivity (Wildman–Crippen MR) is 252 cm³/mol. The summed E-state index contributed by atoms with van der Waals surface area (Å²) in [5.74, 6) is 0. The maximum Gasteiger partial charge on any atom is 0.252 e. The molecule has 0 N–H and O–H groups in total. The van der Waals surface area contributed by atoms with E-state index in [2.05, 4.69) is 188 Å². The minimum Gasteiger partial charge on any atom is -0.310 e. The maximum atomic E-state index is 2.74. The number of hydrogen-bond acceptors (Lipinski definition) is 0. The van der Waals surface area contributed by atoms with Gasteiger partial charge in [0.05, 0.1) is 16.6 Å². The smallest absolute Gasteiger partial charge is 0.252 e. The highest BCUT2D eigenvalue weighted by molar-refractivity contribution is 7.00. The normalized spacial score (nSPS) is 14.2. The molecule has 0 saturated heterocycles. The molecular weight excluding hydrogens is 723 g/mol. The molecule has 4 aliphatic rings. The lowest BCUT2D eigenvalue weighted by molar-refractivity contribution is 0.747. The largest absolute Gasteiger partial charge is 0.310 e. The van der Waals surface area contributed by atoms with E-state index in [1.165, 1.54) is 138 Å². The Morgan fingerprint density at radius 1 is 0.483 bits per heavy atom. The molecule has 1 aliphatic carbocycles. The Labute approximate surface area is 350 Å². The van der Waals surface area contributed by atoms with Crippen LogP contribution in [0.25, 0.3) is 77.6 Å². The van der Waals surface area contributed by atoms with Crippen LogP contribution in [0.5, 0.6) is 0 Å². The van der Waals surface area contributed by atoms with Crippen molar-refractivity contribution in [2.75, 3.05) is 0 Å². The molecule has 2 aromatic heterocycles. The Morgan fingerprint density at radius 3 is 1.78 bits per heavy atom. The first-order valence-corrected chi connectivity index (χ1v) is 21.8. The van der Waals surface area contributed by atoms with Crippen LogP contribution in [0.15, 0.2) is 152 Å². The molecule has 0 atom stereocenters. The van der Waals surface area contributed by atoms with Gasteiger partial charge in [0.2, 0.25) is 0 Å². The second-order valence-corrected chi connectivity index (χ2v) is 17.9. The average Bonchev–Trinajstić information content (AvgIpc) is 3.92. The van der Waals surface area contributed by atoms with Crippen molar-refractivity contribution in [3.63, 3.8) is 0 Å². The third-order valence-electron chi connectivity index (χ3n) is 14.9. The number of nitrogens with zero attached hydrogens (tertiary/aromatic N) is 2. The summed E-state index contributed by atoms with van der Waals surface area (Å²) in [5, 5.41) is 4.09. The quantitative estimate of drug-likeness (QED) is 0.158. The molecular formula is C57H41BN2. The topological polar surface area (TPSA) is 9.86 Å². The van der Waals surface area contributed by atoms with Gasteiger partial charge < -0.3 is 9.13 Å². The summed E-state index contributed by atoms with van der Waals surface area (Å²) in [7, 11) is 0. The van der Waals surface area contributed by atoms with Crippen LogP contribution < -0.4 is 16.4 Å². The summed E-state index contributed by atoms with van der Waals surface area (Å²) < 4.78 is 5.41. The molecule has 60 heavy (non-hydrogen) atoms. The van der Waals surface area contributed by atoms with Crippen molar-refractivity contribution in [2.45, 2.75) is 46.0 Å². The standard InChI is InChI=1S/C57H41BN2/c1-5-34-28-41-42-29-35(6-2)31-48-55(42)60-53(41)46(30-34)57(43-15-9-7-12-38(43)39-13-8-10-16-44(39)57)45-26-27-49-51(56(45)60)58(48)47-17-11-14-40-50(36-22-18-32(3)19-23-36)52(59(49)54(40)47)37-24-20-33(4)21-25-37/h7-31H,5-6H2,1-4H3. The third kappa shape index (κ3) is 3.72. The van der Waals surface area contributed by atoms with E-state index in [1.807, 2.05) is 0 Å². The Balaban J connectivity index is 1.24. The van der Waals surface area contributed by atoms with Crippen LogP contribution in [0.3, 0.4) is 0 Å². The third-order valence-corrected chi connectivity index (χ3v) is 14.9. The molecule has 3 heteroatoms. The van der Waals surface area contributed by atoms with E-state index in [9.17, 15) is 0 Å². The zero-order chi connectivity index (χ0) is 39.8. The van der Waals surface area contributed by atoms with Gasteiger partial charge in [-0.25, -0.2) is 0 Å². The molecule has 1 spiro atoms. The van der Waals surface area contributed by atoms with Gasteiger partial charge in [-0.2, -0.15) is 0 Å². The molecule has 0 radical (unpaired) electrons. The van der Waals surface area contributed by atoms with Gasteiger partial charge >= 0.3 is 0 Å². The average molecular weight is 765 g/mol. The van der Waals surface area contributed by atoms with Crippen molar-refractivity contribution in [1.82, 2.24) is 9.13 Å². The van der Waals surface area contributed by atoms with Crippen LogP contribution in [-0.4, -0.2) is 15.8 Å². The predicted octanol–water partition coefficient (Wildman–Crippen LogP) is 11.6. The van der Waals surface area contributed by atoms with Crippen LogP contribution in [0.1, 0.15) is 58.4 Å². The molecule has 3 aliphatic heterocycles. The molecule has 282 valence electrons. The molecule has 10 aromatic rings. The molecule has 0 amide bonds. The lowest BCUT2D eigenvalue weighted by atomic mass is 9.33. The maximum absolute atomic E-state index is 2.74. The minimum atomic E-state index is -0.475. The Bertz CT molecular complexity index is 3530. The fourth-order valence-corrected chi connectivity index (χ4v) is 12.5. The van der Waals surface area contributed by atoms with E-state index in [1.54, 1.807) is 0 Å². The van der Waals surface area contributed by atoms with Crippen LogP contribution in [0.2, 0.25) is 0 Å². The van der Waals surface area contributed by atoms with Gasteiger partial charge in [-0.1, -0.05) is 158 Å². The van der Waals surface area contributed by atoms with E-state index >= 15 is 0 Å². The number of aryl methyl sites for hydroxylation is 4. The van der Waals surface area contributed by atoms with Gasteiger partial charge in [-0.05, 0) is 117 Å². The fourth-order valence-electron chi connectivity index (χ4n) is 12.5. The summed E-state index contributed by atoms with van der Waals surface area (Å²) in [5.41, 5.74) is 29.3. The molecule has 0 fully saturated rings. The number of fused-ring (bicyclic) bond motifs is 11. The molecule has 0 unspecified atom stereocenters. The number of para-hydroxylation sites is 1. The zero-order valence-corrected chi connectivity index (χ0v) is 34.3. The van der Waals surface area contributed by atoms with E-state index in [-0.39, 0.29) is 6.71 Å². The van der Waals surface area contributed by atoms with Gasteiger partial charge in [0, 0.05) is 44.1 Å². The van der Waals surface area contributed by atoms with Gasteiger partial charge in [0.25, 0.3) is 6.71 Å². The second-order valence-electron chi connectivity index (χ2n) is 17.9. The van der Waals surface area contributed by atoms with Crippen LogP contribution in [0, 0.1) is 13.8 Å². The number of benzene rings is 8. The van der Waals surface area contributed by atoms with Crippen LogP contribution in [-0.2, 0) is 18.3 Å². The fraction of sp³-hybridized carbons (Fsp3) is 0.123. The molecule has 5 heterocycles. The lowest BCUT2D eigenvalue weighted by Gasteiger charge is -2.44. The monoisotopic (exact) mass is 764 g/mol. The van der Waals surface area contributed by atoms with Crippen LogP contribution >= 0.6 is 0 Å².